The van der Waals surface area contributed by atoms with E-state index >= 15 is 0 Å². The molecule has 1 amide bonds. The first-order valence-electron chi connectivity index (χ1n) is 8.28. The maximum atomic E-state index is 12.5. The Hall–Kier alpha value is -2.73. The number of hydrogen-bond donors (Lipinski definition) is 3. The summed E-state index contributed by atoms with van der Waals surface area (Å²) in [5, 5.41) is 7.31. The predicted molar refractivity (Wildman–Crippen MR) is 115 cm³/mol. The molecule has 0 atom stereocenters. The quantitative estimate of drug-likeness (QED) is 0.344. The number of aromatic nitrogens is 2. The fourth-order valence-corrected chi connectivity index (χ4v) is 3.38. The summed E-state index contributed by atoms with van der Waals surface area (Å²) in [5.74, 6) is 0.196. The Bertz CT molecular complexity index is 1170. The molecule has 28 heavy (non-hydrogen) atoms. The lowest BCUT2D eigenvalue weighted by Crippen LogP contribution is -2.12. The van der Waals surface area contributed by atoms with E-state index in [2.05, 4.69) is 20.6 Å². The molecule has 5 nitrogen and oxygen atoms in total. The van der Waals surface area contributed by atoms with Crippen LogP contribution in [0.4, 0.5) is 17.3 Å². The van der Waals surface area contributed by atoms with Crippen LogP contribution in [0.1, 0.15) is 10.4 Å². The van der Waals surface area contributed by atoms with E-state index in [-0.39, 0.29) is 5.91 Å². The minimum Gasteiger partial charge on any atom is -0.324 e. The SMILES string of the molecule is O=C(Nc1ccccc1Cl)c1ccc2nc(Nc3c(Cl)cccc3Cl)[nH]c2c1. The molecule has 3 aromatic carbocycles. The monoisotopic (exact) mass is 430 g/mol. The van der Waals surface area contributed by atoms with Gasteiger partial charge in [-0.25, -0.2) is 4.98 Å². The van der Waals surface area contributed by atoms with Crippen molar-refractivity contribution in [2.24, 2.45) is 0 Å². The molecule has 0 saturated carbocycles. The van der Waals surface area contributed by atoms with Crippen molar-refractivity contribution < 1.29 is 4.79 Å². The van der Waals surface area contributed by atoms with Crippen LogP contribution in [0.5, 0.6) is 0 Å². The molecule has 0 spiro atoms. The number of halogens is 3. The molecule has 1 heterocycles. The van der Waals surface area contributed by atoms with Crippen LogP contribution >= 0.6 is 34.8 Å². The van der Waals surface area contributed by atoms with Crippen molar-refractivity contribution in [3.8, 4) is 0 Å². The van der Waals surface area contributed by atoms with Crippen LogP contribution < -0.4 is 10.6 Å². The number of nitrogens with zero attached hydrogens (tertiary/aromatic N) is 1. The summed E-state index contributed by atoms with van der Waals surface area (Å²) in [5.41, 5.74) is 2.96. The average Bonchev–Trinajstić information content (AvgIpc) is 3.08. The molecule has 0 unspecified atom stereocenters. The Morgan fingerprint density at radius 3 is 2.36 bits per heavy atom. The average molecular weight is 432 g/mol. The summed E-state index contributed by atoms with van der Waals surface area (Å²) in [6.07, 6.45) is 0. The lowest BCUT2D eigenvalue weighted by atomic mass is 10.2. The standard InChI is InChI=1S/C20H13Cl3N4O/c21-12-4-1-2-7-15(12)24-19(28)11-8-9-16-17(10-11)26-20(25-16)27-18-13(22)5-3-6-14(18)23/h1-10H,(H,24,28)(H2,25,26,27). The highest BCUT2D eigenvalue weighted by molar-refractivity contribution is 6.39. The number of imidazole rings is 1. The Labute approximate surface area is 175 Å². The molecule has 8 heteroatoms. The Morgan fingerprint density at radius 1 is 0.893 bits per heavy atom. The molecule has 0 saturated heterocycles. The van der Waals surface area contributed by atoms with Crippen molar-refractivity contribution in [2.45, 2.75) is 0 Å². The van der Waals surface area contributed by atoms with E-state index in [0.717, 1.165) is 0 Å². The molecular formula is C20H13Cl3N4O. The minimum absolute atomic E-state index is 0.270. The number of benzene rings is 3. The smallest absolute Gasteiger partial charge is 0.255 e. The molecule has 0 aliphatic heterocycles. The van der Waals surface area contributed by atoms with Crippen LogP contribution in [0.3, 0.4) is 0 Å². The third-order valence-corrected chi connectivity index (χ3v) is 5.03. The minimum atomic E-state index is -0.270. The summed E-state index contributed by atoms with van der Waals surface area (Å²) in [7, 11) is 0. The second kappa shape index (κ2) is 7.72. The second-order valence-corrected chi connectivity index (χ2v) is 7.19. The van der Waals surface area contributed by atoms with Crippen molar-refractivity contribution in [3.63, 3.8) is 0 Å². The van der Waals surface area contributed by atoms with E-state index in [1.165, 1.54) is 0 Å². The van der Waals surface area contributed by atoms with Crippen molar-refractivity contribution in [1.82, 2.24) is 9.97 Å². The fourth-order valence-electron chi connectivity index (χ4n) is 2.70. The zero-order chi connectivity index (χ0) is 19.7. The number of aromatic amines is 1. The molecule has 0 aliphatic carbocycles. The number of amides is 1. The van der Waals surface area contributed by atoms with Crippen molar-refractivity contribution >= 4 is 69.1 Å². The van der Waals surface area contributed by atoms with Gasteiger partial charge in [0.05, 0.1) is 37.5 Å². The number of hydrogen-bond acceptors (Lipinski definition) is 3. The third kappa shape index (κ3) is 3.78. The maximum Gasteiger partial charge on any atom is 0.255 e. The maximum absolute atomic E-state index is 12.5. The Balaban J connectivity index is 1.60. The largest absolute Gasteiger partial charge is 0.324 e. The van der Waals surface area contributed by atoms with Gasteiger partial charge >= 0.3 is 0 Å². The van der Waals surface area contributed by atoms with Crippen LogP contribution in [-0.2, 0) is 0 Å². The number of nitrogens with one attached hydrogen (secondary N) is 3. The molecule has 4 aromatic rings. The Morgan fingerprint density at radius 2 is 1.61 bits per heavy atom. The molecule has 0 fully saturated rings. The normalized spacial score (nSPS) is 10.8. The topological polar surface area (TPSA) is 69.8 Å². The van der Waals surface area contributed by atoms with Gasteiger partial charge in [0.15, 0.2) is 0 Å². The molecule has 140 valence electrons. The van der Waals surface area contributed by atoms with Crippen LogP contribution in [0.2, 0.25) is 15.1 Å². The van der Waals surface area contributed by atoms with Gasteiger partial charge in [-0.1, -0.05) is 53.0 Å². The highest BCUT2D eigenvalue weighted by Crippen LogP contribution is 2.32. The third-order valence-electron chi connectivity index (χ3n) is 4.07. The number of anilines is 3. The molecule has 0 bridgehead atoms. The van der Waals surface area contributed by atoms with Gasteiger partial charge in [0, 0.05) is 5.56 Å². The fraction of sp³-hybridized carbons (Fsp3) is 0. The van der Waals surface area contributed by atoms with Crippen LogP contribution in [-0.4, -0.2) is 15.9 Å². The van der Waals surface area contributed by atoms with Gasteiger partial charge < -0.3 is 15.6 Å². The summed E-state index contributed by atoms with van der Waals surface area (Å²) < 4.78 is 0. The van der Waals surface area contributed by atoms with E-state index in [9.17, 15) is 4.79 Å². The van der Waals surface area contributed by atoms with Gasteiger partial charge in [0.25, 0.3) is 5.91 Å². The van der Waals surface area contributed by atoms with E-state index in [0.29, 0.717) is 49.0 Å². The number of para-hydroxylation sites is 2. The van der Waals surface area contributed by atoms with Gasteiger partial charge in [0.2, 0.25) is 5.95 Å². The van der Waals surface area contributed by atoms with Gasteiger partial charge in [-0.3, -0.25) is 4.79 Å². The molecule has 1 aromatic heterocycles. The number of carbonyl (C=O) groups excluding carboxylic acids is 1. The van der Waals surface area contributed by atoms with Gasteiger partial charge in [-0.05, 0) is 42.5 Å². The Kier molecular flexibility index (Phi) is 5.13. The zero-order valence-electron chi connectivity index (χ0n) is 14.3. The first-order valence-corrected chi connectivity index (χ1v) is 9.41. The lowest BCUT2D eigenvalue weighted by Gasteiger charge is -2.07. The van der Waals surface area contributed by atoms with E-state index < -0.39 is 0 Å². The van der Waals surface area contributed by atoms with Crippen molar-refractivity contribution in [1.29, 1.82) is 0 Å². The first-order chi connectivity index (χ1) is 13.5. The van der Waals surface area contributed by atoms with Gasteiger partial charge in [-0.15, -0.1) is 0 Å². The second-order valence-electron chi connectivity index (χ2n) is 5.97. The van der Waals surface area contributed by atoms with E-state index in [1.807, 2.05) is 0 Å². The van der Waals surface area contributed by atoms with E-state index in [4.69, 9.17) is 34.8 Å². The molecule has 0 radical (unpaired) electrons. The highest BCUT2D eigenvalue weighted by Gasteiger charge is 2.12. The number of H-pyrrole nitrogens is 1. The number of carbonyl (C=O) groups is 1. The van der Waals surface area contributed by atoms with Crippen LogP contribution in [0.15, 0.2) is 60.7 Å². The molecule has 3 N–H and O–H groups in total. The van der Waals surface area contributed by atoms with Gasteiger partial charge in [-0.2, -0.15) is 0 Å². The van der Waals surface area contributed by atoms with Crippen molar-refractivity contribution in [3.05, 3.63) is 81.3 Å². The van der Waals surface area contributed by atoms with Crippen LogP contribution in [0, 0.1) is 0 Å². The molecular weight excluding hydrogens is 419 g/mol. The predicted octanol–water partition coefficient (Wildman–Crippen LogP) is 6.52. The van der Waals surface area contributed by atoms with E-state index in [1.54, 1.807) is 60.7 Å². The lowest BCUT2D eigenvalue weighted by molar-refractivity contribution is 0.102. The summed E-state index contributed by atoms with van der Waals surface area (Å²) >= 11 is 18.5. The number of rotatable bonds is 4. The van der Waals surface area contributed by atoms with Gasteiger partial charge in [0.1, 0.15) is 0 Å². The summed E-state index contributed by atoms with van der Waals surface area (Å²) in [6, 6.07) is 17.5. The highest BCUT2D eigenvalue weighted by atomic mass is 35.5. The molecule has 0 aliphatic rings. The number of fused-ring (bicyclic) bond motifs is 1. The summed E-state index contributed by atoms with van der Waals surface area (Å²) in [4.78, 5) is 20.1. The van der Waals surface area contributed by atoms with Crippen LogP contribution in [0.25, 0.3) is 11.0 Å². The molecule has 4 rings (SSSR count). The summed E-state index contributed by atoms with van der Waals surface area (Å²) in [6.45, 7) is 0. The first kappa shape index (κ1) is 18.6. The zero-order valence-corrected chi connectivity index (χ0v) is 16.5. The van der Waals surface area contributed by atoms with Crippen molar-refractivity contribution in [2.75, 3.05) is 10.6 Å².